The van der Waals surface area contributed by atoms with Crippen molar-refractivity contribution in [3.8, 4) is 0 Å². The zero-order valence-electron chi connectivity index (χ0n) is 9.57. The minimum atomic E-state index is -1.40. The van der Waals surface area contributed by atoms with Gasteiger partial charge in [-0.25, -0.2) is 13.2 Å². The third-order valence-corrected chi connectivity index (χ3v) is 2.19. The summed E-state index contributed by atoms with van der Waals surface area (Å²) in [5.74, 6) is -3.58. The Balaban J connectivity index is 0.000000921. The van der Waals surface area contributed by atoms with Gasteiger partial charge in [0.1, 0.15) is 0 Å². The van der Waals surface area contributed by atoms with Crippen LogP contribution in [-0.2, 0) is 0 Å². The van der Waals surface area contributed by atoms with Crippen molar-refractivity contribution in [2.75, 3.05) is 0 Å². The van der Waals surface area contributed by atoms with Crippen LogP contribution in [0.2, 0.25) is 0 Å². The van der Waals surface area contributed by atoms with Gasteiger partial charge in [0.2, 0.25) is 0 Å². The van der Waals surface area contributed by atoms with Gasteiger partial charge in [0.15, 0.2) is 17.5 Å². The summed E-state index contributed by atoms with van der Waals surface area (Å²) < 4.78 is 38.0. The summed E-state index contributed by atoms with van der Waals surface area (Å²) in [6.45, 7) is 7.75. The predicted molar refractivity (Wildman–Crippen MR) is 56.4 cm³/mol. The molecule has 0 bridgehead atoms. The lowest BCUT2D eigenvalue weighted by Gasteiger charge is -2.09. The quantitative estimate of drug-likeness (QED) is 0.634. The molecule has 1 unspecified atom stereocenters. The third-order valence-electron chi connectivity index (χ3n) is 2.19. The summed E-state index contributed by atoms with van der Waals surface area (Å²) in [5.41, 5.74) is 0.499. The first-order valence-corrected chi connectivity index (χ1v) is 5.20. The molecule has 0 saturated carbocycles. The minimum Gasteiger partial charge on any atom is -0.204 e. The summed E-state index contributed by atoms with van der Waals surface area (Å²) in [4.78, 5) is 0. The molecular formula is C12H17F3. The van der Waals surface area contributed by atoms with Crippen molar-refractivity contribution in [2.45, 2.75) is 40.0 Å². The van der Waals surface area contributed by atoms with Gasteiger partial charge in [0.25, 0.3) is 0 Å². The molecule has 0 N–H and O–H groups in total. The molecule has 0 aliphatic carbocycles. The summed E-state index contributed by atoms with van der Waals surface area (Å²) in [6.07, 6.45) is 0.768. The molecule has 0 nitrogen and oxygen atoms in total. The molecule has 15 heavy (non-hydrogen) atoms. The van der Waals surface area contributed by atoms with E-state index in [0.717, 1.165) is 18.6 Å². The number of halogens is 3. The Bertz CT molecular complexity index is 285. The average Bonchev–Trinajstić information content (AvgIpc) is 2.26. The number of hydrogen-bond donors (Lipinski definition) is 0. The van der Waals surface area contributed by atoms with E-state index in [2.05, 4.69) is 0 Å². The van der Waals surface area contributed by atoms with Crippen molar-refractivity contribution in [1.82, 2.24) is 0 Å². The highest BCUT2D eigenvalue weighted by Crippen LogP contribution is 2.22. The molecule has 0 saturated heterocycles. The maximum atomic E-state index is 12.7. The van der Waals surface area contributed by atoms with Gasteiger partial charge < -0.3 is 0 Å². The lowest BCUT2D eigenvalue weighted by molar-refractivity contribution is 0.443. The van der Waals surface area contributed by atoms with Crippen LogP contribution in [0, 0.1) is 17.5 Å². The molecule has 1 aromatic rings. The Morgan fingerprint density at radius 1 is 1.07 bits per heavy atom. The summed E-state index contributed by atoms with van der Waals surface area (Å²) in [5, 5.41) is 0. The molecule has 0 spiro atoms. The first-order chi connectivity index (χ1) is 7.06. The van der Waals surface area contributed by atoms with Gasteiger partial charge in [-0.1, -0.05) is 27.7 Å². The van der Waals surface area contributed by atoms with E-state index in [1.165, 1.54) is 0 Å². The summed E-state index contributed by atoms with van der Waals surface area (Å²) >= 11 is 0. The van der Waals surface area contributed by atoms with Gasteiger partial charge in [-0.3, -0.25) is 0 Å². The van der Waals surface area contributed by atoms with Gasteiger partial charge >= 0.3 is 0 Å². The molecule has 0 radical (unpaired) electrons. The number of rotatable bonds is 2. The fraction of sp³-hybridized carbons (Fsp3) is 0.500. The predicted octanol–water partition coefficient (Wildman–Crippen LogP) is 4.64. The van der Waals surface area contributed by atoms with Gasteiger partial charge in [0.05, 0.1) is 0 Å². The van der Waals surface area contributed by atoms with Gasteiger partial charge in [0, 0.05) is 0 Å². The van der Waals surface area contributed by atoms with Gasteiger partial charge in [-0.15, -0.1) is 0 Å². The fourth-order valence-corrected chi connectivity index (χ4v) is 1.10. The SMILES string of the molecule is CC.CCC(C)c1cc(F)c(F)c(F)c1. The fourth-order valence-electron chi connectivity index (χ4n) is 1.10. The molecule has 0 aromatic heterocycles. The molecule has 0 fully saturated rings. The first kappa shape index (κ1) is 14.0. The number of hydrogen-bond acceptors (Lipinski definition) is 0. The standard InChI is InChI=1S/C10H11F3.C2H6/c1-3-6(2)7-4-8(11)10(13)9(12)5-7;1-2/h4-6H,3H2,1-2H3;1-2H3. The maximum absolute atomic E-state index is 12.7. The molecule has 0 aliphatic heterocycles. The molecule has 3 heteroatoms. The van der Waals surface area contributed by atoms with Gasteiger partial charge in [-0.2, -0.15) is 0 Å². The molecule has 0 aliphatic rings. The van der Waals surface area contributed by atoms with Crippen LogP contribution in [0.15, 0.2) is 12.1 Å². The normalized spacial score (nSPS) is 11.7. The zero-order valence-corrected chi connectivity index (χ0v) is 9.57. The van der Waals surface area contributed by atoms with Crippen LogP contribution in [0.5, 0.6) is 0 Å². The Labute approximate surface area is 89.1 Å². The highest BCUT2D eigenvalue weighted by atomic mass is 19.2. The van der Waals surface area contributed by atoms with Crippen LogP contribution >= 0.6 is 0 Å². The largest absolute Gasteiger partial charge is 0.204 e. The van der Waals surface area contributed by atoms with Crippen LogP contribution in [0.4, 0.5) is 13.2 Å². The second-order valence-electron chi connectivity index (χ2n) is 3.11. The molecule has 1 aromatic carbocycles. The molecule has 0 amide bonds. The Hall–Kier alpha value is -0.990. The van der Waals surface area contributed by atoms with Crippen LogP contribution in [0.25, 0.3) is 0 Å². The van der Waals surface area contributed by atoms with Crippen LogP contribution in [-0.4, -0.2) is 0 Å². The summed E-state index contributed by atoms with van der Waals surface area (Å²) in [6, 6.07) is 2.10. The lowest BCUT2D eigenvalue weighted by Crippen LogP contribution is -1.97. The average molecular weight is 218 g/mol. The van der Waals surface area contributed by atoms with E-state index < -0.39 is 17.5 Å². The Kier molecular flexibility index (Phi) is 6.06. The van der Waals surface area contributed by atoms with Crippen molar-refractivity contribution in [2.24, 2.45) is 0 Å². The highest BCUT2D eigenvalue weighted by Gasteiger charge is 2.12. The Morgan fingerprint density at radius 3 is 1.80 bits per heavy atom. The van der Waals surface area contributed by atoms with E-state index >= 15 is 0 Å². The third kappa shape index (κ3) is 3.57. The van der Waals surface area contributed by atoms with Crippen molar-refractivity contribution >= 4 is 0 Å². The zero-order chi connectivity index (χ0) is 12.0. The molecule has 1 atom stereocenters. The van der Waals surface area contributed by atoms with Crippen molar-refractivity contribution in [1.29, 1.82) is 0 Å². The second kappa shape index (κ2) is 6.49. The van der Waals surface area contributed by atoms with Crippen LogP contribution < -0.4 is 0 Å². The van der Waals surface area contributed by atoms with E-state index in [4.69, 9.17) is 0 Å². The molecule has 0 heterocycles. The smallest absolute Gasteiger partial charge is 0.194 e. The van der Waals surface area contributed by atoms with E-state index in [1.54, 1.807) is 0 Å². The highest BCUT2D eigenvalue weighted by molar-refractivity contribution is 5.22. The van der Waals surface area contributed by atoms with E-state index in [-0.39, 0.29) is 5.92 Å². The second-order valence-corrected chi connectivity index (χ2v) is 3.11. The van der Waals surface area contributed by atoms with Crippen molar-refractivity contribution < 1.29 is 13.2 Å². The molecule has 86 valence electrons. The topological polar surface area (TPSA) is 0 Å². The molecule has 1 rings (SSSR count). The first-order valence-electron chi connectivity index (χ1n) is 5.20. The molecular weight excluding hydrogens is 201 g/mol. The minimum absolute atomic E-state index is 0.0459. The summed E-state index contributed by atoms with van der Waals surface area (Å²) in [7, 11) is 0. The van der Waals surface area contributed by atoms with Gasteiger partial charge in [-0.05, 0) is 30.0 Å². The van der Waals surface area contributed by atoms with Crippen LogP contribution in [0.1, 0.15) is 45.6 Å². The van der Waals surface area contributed by atoms with Crippen LogP contribution in [0.3, 0.4) is 0 Å². The van der Waals surface area contributed by atoms with E-state index in [1.807, 2.05) is 27.7 Å². The lowest BCUT2D eigenvalue weighted by atomic mass is 9.98. The van der Waals surface area contributed by atoms with Crippen molar-refractivity contribution in [3.63, 3.8) is 0 Å². The monoisotopic (exact) mass is 218 g/mol. The Morgan fingerprint density at radius 2 is 1.47 bits per heavy atom. The maximum Gasteiger partial charge on any atom is 0.194 e. The van der Waals surface area contributed by atoms with E-state index in [0.29, 0.717) is 5.56 Å². The van der Waals surface area contributed by atoms with Crippen molar-refractivity contribution in [3.05, 3.63) is 35.1 Å². The number of benzene rings is 1. The van der Waals surface area contributed by atoms with E-state index in [9.17, 15) is 13.2 Å².